The molecular formula is C20H26FN3O2. The van der Waals surface area contributed by atoms with Crippen molar-refractivity contribution in [2.24, 2.45) is 0 Å². The van der Waals surface area contributed by atoms with Crippen molar-refractivity contribution in [1.29, 1.82) is 0 Å². The Balaban J connectivity index is 1.38. The summed E-state index contributed by atoms with van der Waals surface area (Å²) in [6, 6.07) is 7.27. The highest BCUT2D eigenvalue weighted by Gasteiger charge is 2.56. The molecule has 4 fully saturated rings. The second-order valence-corrected chi connectivity index (χ2v) is 8.30. The van der Waals surface area contributed by atoms with Crippen molar-refractivity contribution in [3.8, 4) is 0 Å². The molecule has 5 rings (SSSR count). The molecule has 1 aliphatic carbocycles. The molecule has 0 radical (unpaired) electrons. The number of ether oxygens (including phenoxy) is 1. The van der Waals surface area contributed by atoms with Crippen LogP contribution in [0.2, 0.25) is 0 Å². The Labute approximate surface area is 153 Å². The Bertz CT molecular complexity index is 702. The number of hydrogen-bond donors (Lipinski definition) is 0. The number of benzene rings is 1. The van der Waals surface area contributed by atoms with Crippen molar-refractivity contribution >= 4 is 5.91 Å². The van der Waals surface area contributed by atoms with E-state index in [9.17, 15) is 9.18 Å². The Morgan fingerprint density at radius 2 is 1.96 bits per heavy atom. The maximum absolute atomic E-state index is 14.1. The monoisotopic (exact) mass is 359 g/mol. The van der Waals surface area contributed by atoms with Gasteiger partial charge in [0.1, 0.15) is 5.82 Å². The predicted molar refractivity (Wildman–Crippen MR) is 95.6 cm³/mol. The first-order chi connectivity index (χ1) is 12.7. The van der Waals surface area contributed by atoms with Crippen LogP contribution in [0.1, 0.15) is 29.6 Å². The van der Waals surface area contributed by atoms with Crippen molar-refractivity contribution in [3.63, 3.8) is 0 Å². The van der Waals surface area contributed by atoms with E-state index in [1.165, 1.54) is 25.3 Å². The zero-order chi connectivity index (χ0) is 17.7. The van der Waals surface area contributed by atoms with Gasteiger partial charge in [-0.1, -0.05) is 18.6 Å². The van der Waals surface area contributed by atoms with E-state index in [0.29, 0.717) is 19.7 Å². The number of hydrogen-bond acceptors (Lipinski definition) is 4. The summed E-state index contributed by atoms with van der Waals surface area (Å²) in [4.78, 5) is 20.0. The molecule has 1 aromatic rings. The number of fused-ring (bicyclic) bond motifs is 2. The van der Waals surface area contributed by atoms with Gasteiger partial charge in [-0.3, -0.25) is 14.6 Å². The molecule has 3 saturated heterocycles. The van der Waals surface area contributed by atoms with E-state index in [4.69, 9.17) is 4.74 Å². The van der Waals surface area contributed by atoms with Crippen LogP contribution in [0.4, 0.5) is 4.39 Å². The van der Waals surface area contributed by atoms with Gasteiger partial charge in [-0.05, 0) is 25.0 Å². The Morgan fingerprint density at radius 3 is 2.69 bits per heavy atom. The summed E-state index contributed by atoms with van der Waals surface area (Å²) < 4.78 is 19.8. The van der Waals surface area contributed by atoms with Crippen molar-refractivity contribution in [2.75, 3.05) is 45.9 Å². The first kappa shape index (κ1) is 16.7. The van der Waals surface area contributed by atoms with Gasteiger partial charge in [0.05, 0.1) is 30.4 Å². The lowest BCUT2D eigenvalue weighted by Gasteiger charge is -2.65. The summed E-state index contributed by atoms with van der Waals surface area (Å²) >= 11 is 0. The van der Waals surface area contributed by atoms with E-state index in [-0.39, 0.29) is 23.1 Å². The van der Waals surface area contributed by atoms with E-state index in [1.807, 2.05) is 4.90 Å². The number of piperazine rings is 1. The predicted octanol–water partition coefficient (Wildman–Crippen LogP) is 1.59. The highest BCUT2D eigenvalue weighted by atomic mass is 19.1. The molecule has 1 amide bonds. The Hall–Kier alpha value is -1.50. The first-order valence-corrected chi connectivity index (χ1v) is 9.79. The van der Waals surface area contributed by atoms with Gasteiger partial charge in [0.2, 0.25) is 0 Å². The fourth-order valence-corrected chi connectivity index (χ4v) is 5.16. The number of carbonyl (C=O) groups excluding carboxylic acids is 1. The van der Waals surface area contributed by atoms with Gasteiger partial charge in [0.25, 0.3) is 5.91 Å². The van der Waals surface area contributed by atoms with Crippen LogP contribution in [0.3, 0.4) is 0 Å². The minimum atomic E-state index is -0.432. The van der Waals surface area contributed by atoms with Crippen LogP contribution in [-0.4, -0.2) is 84.2 Å². The van der Waals surface area contributed by atoms with Crippen LogP contribution >= 0.6 is 0 Å². The van der Waals surface area contributed by atoms with Gasteiger partial charge >= 0.3 is 0 Å². The number of rotatable bonds is 2. The number of morpholine rings is 1. The van der Waals surface area contributed by atoms with Crippen LogP contribution in [0.15, 0.2) is 24.3 Å². The van der Waals surface area contributed by atoms with Crippen LogP contribution < -0.4 is 0 Å². The van der Waals surface area contributed by atoms with Crippen LogP contribution in [-0.2, 0) is 4.74 Å². The zero-order valence-electron chi connectivity index (χ0n) is 15.1. The summed E-state index contributed by atoms with van der Waals surface area (Å²) in [6.45, 7) is 5.72. The SMILES string of the molecule is O=C(c1ccccc1F)N1CC2COCCN2C2(C1)CN(C1CCC1)C2. The lowest BCUT2D eigenvalue weighted by Crippen LogP contribution is -2.82. The second kappa shape index (κ2) is 6.29. The summed E-state index contributed by atoms with van der Waals surface area (Å²) in [6.07, 6.45) is 3.95. The van der Waals surface area contributed by atoms with Gasteiger partial charge in [0, 0.05) is 38.8 Å². The summed E-state index contributed by atoms with van der Waals surface area (Å²) in [7, 11) is 0. The lowest BCUT2D eigenvalue weighted by molar-refractivity contribution is -0.171. The largest absolute Gasteiger partial charge is 0.378 e. The quantitative estimate of drug-likeness (QED) is 0.804. The van der Waals surface area contributed by atoms with E-state index in [1.54, 1.807) is 18.2 Å². The number of likely N-dealkylation sites (tertiary alicyclic amines) is 1. The number of nitrogens with zero attached hydrogens (tertiary/aromatic N) is 3. The molecule has 4 aliphatic rings. The van der Waals surface area contributed by atoms with E-state index in [0.717, 1.165) is 32.3 Å². The standard InChI is InChI=1S/C20H26FN3O2/c21-18-7-2-1-6-17(18)19(25)22-10-16-11-26-9-8-24(16)20(12-22)13-23(14-20)15-4-3-5-15/h1-2,6-7,15-16H,3-5,8-14H2. The van der Waals surface area contributed by atoms with Crippen molar-refractivity contribution in [3.05, 3.63) is 35.6 Å². The minimum Gasteiger partial charge on any atom is -0.378 e. The maximum atomic E-state index is 14.1. The number of halogens is 1. The molecule has 5 nitrogen and oxygen atoms in total. The molecule has 0 aromatic heterocycles. The molecule has 140 valence electrons. The number of amides is 1. The van der Waals surface area contributed by atoms with Crippen molar-refractivity contribution < 1.29 is 13.9 Å². The third kappa shape index (κ3) is 2.58. The second-order valence-electron chi connectivity index (χ2n) is 8.30. The van der Waals surface area contributed by atoms with E-state index >= 15 is 0 Å². The molecule has 0 N–H and O–H groups in total. The fraction of sp³-hybridized carbons (Fsp3) is 0.650. The Kier molecular flexibility index (Phi) is 4.03. The number of carbonyl (C=O) groups is 1. The molecule has 3 aliphatic heterocycles. The molecule has 3 heterocycles. The normalized spacial score (nSPS) is 29.1. The van der Waals surface area contributed by atoms with Crippen LogP contribution in [0, 0.1) is 5.82 Å². The smallest absolute Gasteiger partial charge is 0.256 e. The lowest BCUT2D eigenvalue weighted by atomic mass is 9.78. The maximum Gasteiger partial charge on any atom is 0.256 e. The van der Waals surface area contributed by atoms with Crippen molar-refractivity contribution in [2.45, 2.75) is 36.9 Å². The van der Waals surface area contributed by atoms with Gasteiger partial charge in [-0.2, -0.15) is 0 Å². The average molecular weight is 359 g/mol. The van der Waals surface area contributed by atoms with Crippen LogP contribution in [0.25, 0.3) is 0 Å². The summed E-state index contributed by atoms with van der Waals surface area (Å²) in [5.41, 5.74) is 0.200. The minimum absolute atomic E-state index is 0.0171. The first-order valence-electron chi connectivity index (χ1n) is 9.79. The Morgan fingerprint density at radius 1 is 1.15 bits per heavy atom. The summed E-state index contributed by atoms with van der Waals surface area (Å²) in [5.74, 6) is -0.617. The van der Waals surface area contributed by atoms with Crippen LogP contribution in [0.5, 0.6) is 0 Å². The molecule has 1 unspecified atom stereocenters. The topological polar surface area (TPSA) is 36.0 Å². The average Bonchev–Trinajstić information content (AvgIpc) is 2.58. The van der Waals surface area contributed by atoms with Gasteiger partial charge in [0.15, 0.2) is 0 Å². The van der Waals surface area contributed by atoms with Gasteiger partial charge in [-0.25, -0.2) is 4.39 Å². The van der Waals surface area contributed by atoms with Gasteiger partial charge < -0.3 is 9.64 Å². The molecule has 0 bridgehead atoms. The van der Waals surface area contributed by atoms with Crippen molar-refractivity contribution in [1.82, 2.24) is 14.7 Å². The third-order valence-corrected chi connectivity index (χ3v) is 6.73. The fourth-order valence-electron chi connectivity index (χ4n) is 5.16. The highest BCUT2D eigenvalue weighted by Crippen LogP contribution is 2.40. The molecule has 1 atom stereocenters. The molecule has 1 aromatic carbocycles. The molecule has 1 spiro atoms. The third-order valence-electron chi connectivity index (χ3n) is 6.73. The molecule has 6 heteroatoms. The molecular weight excluding hydrogens is 333 g/mol. The van der Waals surface area contributed by atoms with Gasteiger partial charge in [-0.15, -0.1) is 0 Å². The van der Waals surface area contributed by atoms with E-state index < -0.39 is 5.82 Å². The molecule has 1 saturated carbocycles. The van der Waals surface area contributed by atoms with E-state index in [2.05, 4.69) is 9.80 Å². The summed E-state index contributed by atoms with van der Waals surface area (Å²) in [5, 5.41) is 0. The highest BCUT2D eigenvalue weighted by molar-refractivity contribution is 5.94. The molecule has 26 heavy (non-hydrogen) atoms. The zero-order valence-corrected chi connectivity index (χ0v) is 15.1.